The van der Waals surface area contributed by atoms with E-state index in [4.69, 9.17) is 14.2 Å². The molecule has 1 unspecified atom stereocenters. The number of hydrogen-bond acceptors (Lipinski definition) is 3. The zero-order valence-corrected chi connectivity index (χ0v) is 18.6. The van der Waals surface area contributed by atoms with Crippen molar-refractivity contribution in [2.75, 3.05) is 26.9 Å². The van der Waals surface area contributed by atoms with Gasteiger partial charge in [0.25, 0.3) is 0 Å². The summed E-state index contributed by atoms with van der Waals surface area (Å²) in [6, 6.07) is 0. The van der Waals surface area contributed by atoms with Crippen LogP contribution >= 0.6 is 0 Å². The van der Waals surface area contributed by atoms with Crippen LogP contribution in [-0.2, 0) is 14.2 Å². The van der Waals surface area contributed by atoms with E-state index in [-0.39, 0.29) is 5.41 Å². The van der Waals surface area contributed by atoms with E-state index < -0.39 is 5.79 Å². The third kappa shape index (κ3) is 9.01. The number of hydrogen-bond donors (Lipinski definition) is 0. The summed E-state index contributed by atoms with van der Waals surface area (Å²) >= 11 is 0. The molecule has 0 aliphatic heterocycles. The smallest absolute Gasteiger partial charge is 0.174 e. The second-order valence-electron chi connectivity index (χ2n) is 7.39. The van der Waals surface area contributed by atoms with Gasteiger partial charge < -0.3 is 14.2 Å². The topological polar surface area (TPSA) is 27.7 Å². The average Bonchev–Trinajstić information content (AvgIpc) is 2.62. The van der Waals surface area contributed by atoms with E-state index in [1.165, 1.54) is 38.5 Å². The van der Waals surface area contributed by atoms with Crippen molar-refractivity contribution in [3.8, 4) is 0 Å². The van der Waals surface area contributed by atoms with E-state index in [2.05, 4.69) is 46.8 Å². The molecular weight excluding hydrogens is 324 g/mol. The van der Waals surface area contributed by atoms with Crippen LogP contribution in [0, 0.1) is 5.41 Å². The van der Waals surface area contributed by atoms with Gasteiger partial charge in [-0.15, -0.1) is 0 Å². The van der Waals surface area contributed by atoms with Crippen LogP contribution in [0.3, 0.4) is 0 Å². The van der Waals surface area contributed by atoms with Crippen molar-refractivity contribution in [2.45, 2.75) is 105 Å². The third-order valence-corrected chi connectivity index (χ3v) is 5.36. The molecule has 0 saturated carbocycles. The molecule has 0 fully saturated rings. The molecule has 0 aromatic carbocycles. The molecule has 3 heteroatoms. The summed E-state index contributed by atoms with van der Waals surface area (Å²) in [6.45, 7) is 12.8. The molecule has 0 amide bonds. The largest absolute Gasteiger partial charge is 0.385 e. The lowest BCUT2D eigenvalue weighted by atomic mass is 9.71. The number of rotatable bonds is 18. The molecule has 26 heavy (non-hydrogen) atoms. The predicted molar refractivity (Wildman–Crippen MR) is 113 cm³/mol. The molecule has 0 saturated heterocycles. The number of unbranched alkanes of at least 4 members (excludes halogenated alkanes) is 5. The van der Waals surface area contributed by atoms with Crippen molar-refractivity contribution >= 4 is 0 Å². The van der Waals surface area contributed by atoms with Gasteiger partial charge in [0.05, 0.1) is 0 Å². The fourth-order valence-electron chi connectivity index (χ4n) is 3.87. The summed E-state index contributed by atoms with van der Waals surface area (Å²) in [5, 5.41) is 0. The second-order valence-corrected chi connectivity index (χ2v) is 7.39. The number of methoxy groups -OCH3 is 1. The maximum Gasteiger partial charge on any atom is 0.174 e. The zero-order valence-electron chi connectivity index (χ0n) is 18.6. The first kappa shape index (κ1) is 25.6. The Bertz CT molecular complexity index is 334. The Kier molecular flexibility index (Phi) is 15.4. The highest BCUT2D eigenvalue weighted by Crippen LogP contribution is 2.46. The standard InChI is InChI=1S/C23H46O3/c1-7-11-13-14-15-16-19-23(18-12-8-2,20-17-21-24-6)22(5,25-9-3)26-10-4/h12,18H,7-11,13-17,19-21H2,1-6H3. The van der Waals surface area contributed by atoms with Crippen LogP contribution < -0.4 is 0 Å². The lowest BCUT2D eigenvalue weighted by Crippen LogP contribution is -2.49. The third-order valence-electron chi connectivity index (χ3n) is 5.36. The first-order valence-electron chi connectivity index (χ1n) is 11.0. The van der Waals surface area contributed by atoms with Gasteiger partial charge in [0, 0.05) is 32.3 Å². The Morgan fingerprint density at radius 1 is 0.769 bits per heavy atom. The molecule has 1 atom stereocenters. The van der Waals surface area contributed by atoms with Gasteiger partial charge in [-0.2, -0.15) is 0 Å². The molecule has 0 aromatic rings. The van der Waals surface area contributed by atoms with E-state index in [0.717, 1.165) is 32.3 Å². The molecule has 156 valence electrons. The van der Waals surface area contributed by atoms with Crippen LogP contribution in [0.4, 0.5) is 0 Å². The van der Waals surface area contributed by atoms with Gasteiger partial charge in [0.15, 0.2) is 5.79 Å². The molecule has 3 nitrogen and oxygen atoms in total. The van der Waals surface area contributed by atoms with Crippen LogP contribution in [0.15, 0.2) is 12.2 Å². The van der Waals surface area contributed by atoms with E-state index in [1.54, 1.807) is 7.11 Å². The molecule has 0 rings (SSSR count). The van der Waals surface area contributed by atoms with Crippen molar-refractivity contribution in [2.24, 2.45) is 5.41 Å². The predicted octanol–water partition coefficient (Wildman–Crippen LogP) is 6.91. The Hall–Kier alpha value is -0.380. The normalized spacial score (nSPS) is 14.8. The summed E-state index contributed by atoms with van der Waals surface area (Å²) in [5.41, 5.74) is -0.0989. The maximum atomic E-state index is 6.24. The van der Waals surface area contributed by atoms with Crippen molar-refractivity contribution in [3.05, 3.63) is 12.2 Å². The summed E-state index contributed by atoms with van der Waals surface area (Å²) < 4.78 is 17.8. The first-order valence-corrected chi connectivity index (χ1v) is 11.0. The average molecular weight is 371 g/mol. The molecule has 0 heterocycles. The van der Waals surface area contributed by atoms with E-state index in [1.807, 2.05) is 0 Å². The first-order chi connectivity index (χ1) is 12.6. The van der Waals surface area contributed by atoms with Crippen molar-refractivity contribution in [1.82, 2.24) is 0 Å². The quantitative estimate of drug-likeness (QED) is 0.149. The fraction of sp³-hybridized carbons (Fsp3) is 0.913. The minimum absolute atomic E-state index is 0.0989. The number of allylic oxidation sites excluding steroid dienone is 1. The van der Waals surface area contributed by atoms with Crippen LogP contribution in [0.2, 0.25) is 0 Å². The van der Waals surface area contributed by atoms with Gasteiger partial charge in [0.1, 0.15) is 0 Å². The lowest BCUT2D eigenvalue weighted by Gasteiger charge is -2.46. The van der Waals surface area contributed by atoms with Gasteiger partial charge in [0.2, 0.25) is 0 Å². The van der Waals surface area contributed by atoms with Crippen molar-refractivity contribution in [1.29, 1.82) is 0 Å². The maximum absolute atomic E-state index is 6.24. The van der Waals surface area contributed by atoms with Gasteiger partial charge >= 0.3 is 0 Å². The Morgan fingerprint density at radius 2 is 1.35 bits per heavy atom. The highest BCUT2D eigenvalue weighted by atomic mass is 16.7. The zero-order chi connectivity index (χ0) is 19.7. The monoisotopic (exact) mass is 370 g/mol. The van der Waals surface area contributed by atoms with Crippen LogP contribution in [0.25, 0.3) is 0 Å². The highest BCUT2D eigenvalue weighted by molar-refractivity contribution is 5.07. The minimum Gasteiger partial charge on any atom is -0.385 e. The molecule has 0 aliphatic rings. The van der Waals surface area contributed by atoms with Crippen molar-refractivity contribution in [3.63, 3.8) is 0 Å². The van der Waals surface area contributed by atoms with Gasteiger partial charge in [-0.25, -0.2) is 0 Å². The molecule has 0 N–H and O–H groups in total. The van der Waals surface area contributed by atoms with Crippen LogP contribution in [-0.4, -0.2) is 32.7 Å². The van der Waals surface area contributed by atoms with Crippen molar-refractivity contribution < 1.29 is 14.2 Å². The second kappa shape index (κ2) is 15.7. The summed E-state index contributed by atoms with van der Waals surface area (Å²) in [7, 11) is 1.78. The Labute approximate surface area is 163 Å². The summed E-state index contributed by atoms with van der Waals surface area (Å²) in [6.07, 6.45) is 16.7. The van der Waals surface area contributed by atoms with Gasteiger partial charge in [-0.1, -0.05) is 64.5 Å². The van der Waals surface area contributed by atoms with Gasteiger partial charge in [-0.3, -0.25) is 0 Å². The number of ether oxygens (including phenoxy) is 3. The molecular formula is C23H46O3. The summed E-state index contributed by atoms with van der Waals surface area (Å²) in [5.74, 6) is -0.584. The molecule has 0 bridgehead atoms. The van der Waals surface area contributed by atoms with Gasteiger partial charge in [-0.05, 0) is 46.5 Å². The van der Waals surface area contributed by atoms with Crippen LogP contribution in [0.5, 0.6) is 0 Å². The van der Waals surface area contributed by atoms with E-state index >= 15 is 0 Å². The molecule has 0 radical (unpaired) electrons. The van der Waals surface area contributed by atoms with E-state index in [9.17, 15) is 0 Å². The molecule has 0 aromatic heterocycles. The SMILES string of the molecule is CCC=CC(CCCCCCCC)(CCCOC)C(C)(OCC)OCC. The van der Waals surface area contributed by atoms with Crippen LogP contribution in [0.1, 0.15) is 98.8 Å². The Morgan fingerprint density at radius 3 is 1.88 bits per heavy atom. The lowest BCUT2D eigenvalue weighted by molar-refractivity contribution is -0.278. The fourth-order valence-corrected chi connectivity index (χ4v) is 3.87. The minimum atomic E-state index is -0.584. The van der Waals surface area contributed by atoms with E-state index in [0.29, 0.717) is 13.2 Å². The Balaban J connectivity index is 5.33. The molecule has 0 aliphatic carbocycles. The summed E-state index contributed by atoms with van der Waals surface area (Å²) in [4.78, 5) is 0. The highest BCUT2D eigenvalue weighted by Gasteiger charge is 2.47. The molecule has 0 spiro atoms.